The number of hydrogen-bond acceptors (Lipinski definition) is 3. The first-order valence-electron chi connectivity index (χ1n) is 7.65. The summed E-state index contributed by atoms with van der Waals surface area (Å²) in [5.74, 6) is 0.0563. The van der Waals surface area contributed by atoms with Gasteiger partial charge < -0.3 is 16.0 Å². The zero-order chi connectivity index (χ0) is 14.7. The molecule has 0 bridgehead atoms. The topological polar surface area (TPSA) is 70.2 Å². The maximum absolute atomic E-state index is 12.1. The summed E-state index contributed by atoms with van der Waals surface area (Å²) in [6.45, 7) is 1.74. The second kappa shape index (κ2) is 7.61. The number of benzene rings is 1. The fraction of sp³-hybridized carbons (Fsp3) is 0.500. The molecular weight excluding hydrogens is 302 g/mol. The molecule has 1 atom stereocenters. The SMILES string of the molecule is Cl.O=C(NC1CC1)c1ccc(NC(=O)C2CCCNC2)cc1. The predicted molar refractivity (Wildman–Crippen MR) is 88.4 cm³/mol. The smallest absolute Gasteiger partial charge is 0.251 e. The molecule has 1 saturated carbocycles. The molecule has 0 aromatic heterocycles. The van der Waals surface area contributed by atoms with Crippen molar-refractivity contribution in [1.82, 2.24) is 10.6 Å². The number of rotatable bonds is 4. The van der Waals surface area contributed by atoms with E-state index in [9.17, 15) is 9.59 Å². The second-order valence-corrected chi connectivity index (χ2v) is 5.86. The Morgan fingerprint density at radius 1 is 1.09 bits per heavy atom. The summed E-state index contributed by atoms with van der Waals surface area (Å²) in [6, 6.07) is 7.45. The van der Waals surface area contributed by atoms with Crippen LogP contribution in [0.25, 0.3) is 0 Å². The lowest BCUT2D eigenvalue weighted by atomic mass is 9.99. The van der Waals surface area contributed by atoms with E-state index in [1.54, 1.807) is 24.3 Å². The molecule has 120 valence electrons. The third-order valence-electron chi connectivity index (χ3n) is 3.99. The lowest BCUT2D eigenvalue weighted by Crippen LogP contribution is -2.37. The fourth-order valence-electron chi connectivity index (χ4n) is 2.52. The van der Waals surface area contributed by atoms with Crippen LogP contribution < -0.4 is 16.0 Å². The number of amides is 2. The number of carbonyl (C=O) groups excluding carboxylic acids is 2. The van der Waals surface area contributed by atoms with Gasteiger partial charge in [-0.25, -0.2) is 0 Å². The average molecular weight is 324 g/mol. The zero-order valence-corrected chi connectivity index (χ0v) is 13.2. The number of nitrogens with one attached hydrogen (secondary N) is 3. The van der Waals surface area contributed by atoms with E-state index >= 15 is 0 Å². The Bertz CT molecular complexity index is 523. The first-order chi connectivity index (χ1) is 10.2. The summed E-state index contributed by atoms with van der Waals surface area (Å²) in [4.78, 5) is 24.0. The Morgan fingerprint density at radius 3 is 2.41 bits per heavy atom. The number of halogens is 1. The van der Waals surface area contributed by atoms with Gasteiger partial charge >= 0.3 is 0 Å². The van der Waals surface area contributed by atoms with E-state index in [2.05, 4.69) is 16.0 Å². The molecule has 1 aliphatic carbocycles. The Balaban J connectivity index is 0.00000176. The quantitative estimate of drug-likeness (QED) is 0.793. The van der Waals surface area contributed by atoms with E-state index < -0.39 is 0 Å². The van der Waals surface area contributed by atoms with Crippen LogP contribution in [-0.2, 0) is 4.79 Å². The van der Waals surface area contributed by atoms with E-state index in [0.29, 0.717) is 11.6 Å². The van der Waals surface area contributed by atoms with Crippen molar-refractivity contribution in [2.75, 3.05) is 18.4 Å². The van der Waals surface area contributed by atoms with Crippen molar-refractivity contribution in [3.8, 4) is 0 Å². The molecule has 22 heavy (non-hydrogen) atoms. The van der Waals surface area contributed by atoms with Crippen molar-refractivity contribution in [3.05, 3.63) is 29.8 Å². The van der Waals surface area contributed by atoms with Crippen molar-refractivity contribution in [2.45, 2.75) is 31.7 Å². The normalized spacial score (nSPS) is 20.6. The van der Waals surface area contributed by atoms with E-state index in [4.69, 9.17) is 0 Å². The van der Waals surface area contributed by atoms with E-state index in [0.717, 1.165) is 44.5 Å². The van der Waals surface area contributed by atoms with Crippen molar-refractivity contribution in [3.63, 3.8) is 0 Å². The van der Waals surface area contributed by atoms with Crippen LogP contribution in [0.4, 0.5) is 5.69 Å². The van der Waals surface area contributed by atoms with Crippen LogP contribution in [0.3, 0.4) is 0 Å². The molecule has 1 saturated heterocycles. The minimum Gasteiger partial charge on any atom is -0.349 e. The molecule has 6 heteroatoms. The summed E-state index contributed by atoms with van der Waals surface area (Å²) in [5.41, 5.74) is 1.38. The van der Waals surface area contributed by atoms with E-state index in [1.165, 1.54) is 0 Å². The molecule has 0 radical (unpaired) electrons. The number of anilines is 1. The lowest BCUT2D eigenvalue weighted by molar-refractivity contribution is -0.120. The summed E-state index contributed by atoms with van der Waals surface area (Å²) in [5, 5.41) is 9.10. The first-order valence-corrected chi connectivity index (χ1v) is 7.65. The molecule has 5 nitrogen and oxygen atoms in total. The van der Waals surface area contributed by atoms with Crippen LogP contribution >= 0.6 is 12.4 Å². The molecule has 3 rings (SSSR count). The van der Waals surface area contributed by atoms with Gasteiger partial charge in [0.05, 0.1) is 5.92 Å². The summed E-state index contributed by atoms with van der Waals surface area (Å²) >= 11 is 0. The van der Waals surface area contributed by atoms with Gasteiger partial charge in [0.2, 0.25) is 5.91 Å². The molecular formula is C16H22ClN3O2. The maximum Gasteiger partial charge on any atom is 0.251 e. The van der Waals surface area contributed by atoms with Crippen molar-refractivity contribution in [1.29, 1.82) is 0 Å². The Kier molecular flexibility index (Phi) is 5.80. The molecule has 1 aromatic rings. The Morgan fingerprint density at radius 2 is 1.82 bits per heavy atom. The monoisotopic (exact) mass is 323 g/mol. The number of hydrogen-bond donors (Lipinski definition) is 3. The van der Waals surface area contributed by atoms with Crippen molar-refractivity contribution < 1.29 is 9.59 Å². The van der Waals surface area contributed by atoms with Crippen LogP contribution in [0.2, 0.25) is 0 Å². The van der Waals surface area contributed by atoms with Gasteiger partial charge in [0.1, 0.15) is 0 Å². The van der Waals surface area contributed by atoms with Crippen LogP contribution in [0.15, 0.2) is 24.3 Å². The highest BCUT2D eigenvalue weighted by Crippen LogP contribution is 2.20. The van der Waals surface area contributed by atoms with Gasteiger partial charge in [0.15, 0.2) is 0 Å². The zero-order valence-electron chi connectivity index (χ0n) is 12.4. The van der Waals surface area contributed by atoms with Gasteiger partial charge in [-0.3, -0.25) is 9.59 Å². The third-order valence-corrected chi connectivity index (χ3v) is 3.99. The average Bonchev–Trinajstić information content (AvgIpc) is 3.33. The van der Waals surface area contributed by atoms with Gasteiger partial charge in [-0.2, -0.15) is 0 Å². The van der Waals surface area contributed by atoms with Gasteiger partial charge in [-0.05, 0) is 56.5 Å². The van der Waals surface area contributed by atoms with Crippen LogP contribution in [0.1, 0.15) is 36.0 Å². The minimum absolute atomic E-state index is 0. The van der Waals surface area contributed by atoms with Crippen LogP contribution in [0, 0.1) is 5.92 Å². The fourth-order valence-corrected chi connectivity index (χ4v) is 2.52. The van der Waals surface area contributed by atoms with Crippen LogP contribution in [-0.4, -0.2) is 30.9 Å². The highest BCUT2D eigenvalue weighted by Gasteiger charge is 2.24. The molecule has 1 aromatic carbocycles. The van der Waals surface area contributed by atoms with Gasteiger partial charge in [-0.15, -0.1) is 12.4 Å². The van der Waals surface area contributed by atoms with Gasteiger partial charge in [0, 0.05) is 23.8 Å². The van der Waals surface area contributed by atoms with E-state index in [1.807, 2.05) is 0 Å². The highest BCUT2D eigenvalue weighted by atomic mass is 35.5. The summed E-state index contributed by atoms with van der Waals surface area (Å²) < 4.78 is 0. The molecule has 1 unspecified atom stereocenters. The second-order valence-electron chi connectivity index (χ2n) is 5.86. The standard InChI is InChI=1S/C16H21N3O2.ClH/c20-15(18-14-7-8-14)11-3-5-13(6-4-11)19-16(21)12-2-1-9-17-10-12;/h3-6,12,14,17H,1-2,7-10H2,(H,18,20)(H,19,21);1H. The Hall–Kier alpha value is -1.59. The molecule has 2 amide bonds. The summed E-state index contributed by atoms with van der Waals surface area (Å²) in [7, 11) is 0. The third kappa shape index (κ3) is 4.45. The van der Waals surface area contributed by atoms with Crippen molar-refractivity contribution >= 4 is 29.9 Å². The first kappa shape index (κ1) is 16.8. The maximum atomic E-state index is 12.1. The highest BCUT2D eigenvalue weighted by molar-refractivity contribution is 5.96. The molecule has 1 aliphatic heterocycles. The number of carbonyl (C=O) groups is 2. The van der Waals surface area contributed by atoms with Gasteiger partial charge in [0.25, 0.3) is 5.91 Å². The molecule has 3 N–H and O–H groups in total. The molecule has 0 spiro atoms. The molecule has 2 fully saturated rings. The number of piperidine rings is 1. The van der Waals surface area contributed by atoms with Gasteiger partial charge in [-0.1, -0.05) is 0 Å². The predicted octanol–water partition coefficient (Wildman–Crippen LogP) is 1.94. The molecule has 1 heterocycles. The van der Waals surface area contributed by atoms with Crippen LogP contribution in [0.5, 0.6) is 0 Å². The summed E-state index contributed by atoms with van der Waals surface area (Å²) in [6.07, 6.45) is 4.13. The Labute approximate surface area is 136 Å². The molecule has 2 aliphatic rings. The largest absolute Gasteiger partial charge is 0.349 e. The van der Waals surface area contributed by atoms with Crippen molar-refractivity contribution in [2.24, 2.45) is 5.92 Å². The minimum atomic E-state index is -0.0353. The lowest BCUT2D eigenvalue weighted by Gasteiger charge is -2.21. The van der Waals surface area contributed by atoms with E-state index in [-0.39, 0.29) is 30.1 Å².